The number of ether oxygens (including phenoxy) is 1. The van der Waals surface area contributed by atoms with Crippen molar-refractivity contribution >= 4 is 60.5 Å². The predicted molar refractivity (Wildman–Crippen MR) is 183 cm³/mol. The van der Waals surface area contributed by atoms with Crippen LogP contribution in [0.2, 0.25) is 0 Å². The van der Waals surface area contributed by atoms with E-state index in [-0.39, 0.29) is 12.0 Å². The number of alkyl halides is 2. The van der Waals surface area contributed by atoms with Crippen LogP contribution < -0.4 is 10.6 Å². The fourth-order valence-electron chi connectivity index (χ4n) is 5.40. The zero-order chi connectivity index (χ0) is 30.2. The van der Waals surface area contributed by atoms with E-state index >= 15 is 0 Å². The molecule has 1 fully saturated rings. The molecule has 2 amide bonds. The number of amides is 2. The zero-order valence-electron chi connectivity index (χ0n) is 24.6. The molecule has 1 atom stereocenters. The van der Waals surface area contributed by atoms with Crippen molar-refractivity contribution in [3.05, 3.63) is 96.1 Å². The molecule has 0 bridgehead atoms. The van der Waals surface area contributed by atoms with E-state index in [2.05, 4.69) is 29.7 Å². The molecule has 43 heavy (non-hydrogen) atoms. The molecule has 1 unspecified atom stereocenters. The number of hydrogen-bond acceptors (Lipinski definition) is 5. The number of fused-ring (bicyclic) bond motifs is 1. The van der Waals surface area contributed by atoms with Gasteiger partial charge in [0.2, 0.25) is 5.91 Å². The first-order valence-corrected chi connectivity index (χ1v) is 19.9. The summed E-state index contributed by atoms with van der Waals surface area (Å²) < 4.78 is 8.38. The van der Waals surface area contributed by atoms with Crippen molar-refractivity contribution in [2.75, 3.05) is 33.6 Å². The van der Waals surface area contributed by atoms with Crippen LogP contribution in [0.25, 0.3) is 21.9 Å². The van der Waals surface area contributed by atoms with Crippen molar-refractivity contribution in [2.24, 2.45) is 0 Å². The average molecular weight is 692 g/mol. The molecule has 5 rings (SSSR count). The number of halogens is 1. The molecule has 0 radical (unpaired) electrons. The van der Waals surface area contributed by atoms with Crippen LogP contribution >= 0.6 is 20.1 Å². The van der Waals surface area contributed by atoms with E-state index in [0.29, 0.717) is 30.5 Å². The van der Waals surface area contributed by atoms with E-state index in [4.69, 9.17) is 4.74 Å². The summed E-state index contributed by atoms with van der Waals surface area (Å²) in [5.41, 5.74) is 5.04. The van der Waals surface area contributed by atoms with Gasteiger partial charge in [-0.2, -0.15) is 0 Å². The molecule has 4 aromatic carbocycles. The molecule has 2 N–H and O–H groups in total. The second-order valence-corrected chi connectivity index (χ2v) is 16.4. The van der Waals surface area contributed by atoms with Crippen LogP contribution in [0.4, 0.5) is 16.2 Å². The summed E-state index contributed by atoms with van der Waals surface area (Å²) in [7, 11) is 0. The van der Waals surface area contributed by atoms with Gasteiger partial charge < -0.3 is 5.32 Å². The SMILES string of the molecule is CI(C)N1CCCC(OC(=O)Nc2cc(CCCC(=O)Nc3ccc4cc(C=O)ccc4c3)ccc2-c2ccccc2)C1. The summed E-state index contributed by atoms with van der Waals surface area (Å²) in [6, 6.07) is 27.2. The maximum absolute atomic E-state index is 13.0. The summed E-state index contributed by atoms with van der Waals surface area (Å²) in [6.45, 7) is 1.92. The number of anilines is 2. The minimum atomic E-state index is -1.10. The molecule has 1 aliphatic heterocycles. The first-order valence-electron chi connectivity index (χ1n) is 14.6. The van der Waals surface area contributed by atoms with Gasteiger partial charge in [-0.25, -0.2) is 0 Å². The number of aryl methyl sites for hydroxylation is 1. The van der Waals surface area contributed by atoms with Gasteiger partial charge in [-0.05, 0) is 29.0 Å². The number of rotatable bonds is 10. The molecule has 1 aliphatic rings. The molecule has 4 aromatic rings. The number of carbonyl (C=O) groups excluding carboxylic acids is 3. The molecule has 0 aliphatic carbocycles. The summed E-state index contributed by atoms with van der Waals surface area (Å²) in [4.78, 5) is 41.4. The molecular formula is C35H38IN3O4. The monoisotopic (exact) mass is 691 g/mol. The zero-order valence-corrected chi connectivity index (χ0v) is 26.8. The molecular weight excluding hydrogens is 653 g/mol. The van der Waals surface area contributed by atoms with Gasteiger partial charge >= 0.3 is 176 Å². The number of hydrogen-bond donors (Lipinski definition) is 2. The van der Waals surface area contributed by atoms with Gasteiger partial charge in [0, 0.05) is 11.3 Å². The number of nitrogens with one attached hydrogen (secondary N) is 2. The fourth-order valence-corrected chi connectivity index (χ4v) is 7.93. The first-order chi connectivity index (χ1) is 20.9. The van der Waals surface area contributed by atoms with E-state index in [1.807, 2.05) is 72.8 Å². The van der Waals surface area contributed by atoms with E-state index in [1.54, 1.807) is 6.07 Å². The molecule has 0 saturated carbocycles. The summed E-state index contributed by atoms with van der Waals surface area (Å²) in [5.74, 6) is -0.0573. The number of carbonyl (C=O) groups is 3. The molecule has 0 aromatic heterocycles. The van der Waals surface area contributed by atoms with Gasteiger partial charge in [-0.15, -0.1) is 0 Å². The van der Waals surface area contributed by atoms with Crippen LogP contribution in [-0.4, -0.2) is 50.5 Å². The van der Waals surface area contributed by atoms with Crippen LogP contribution in [0.15, 0.2) is 84.9 Å². The molecule has 8 heteroatoms. The third-order valence-electron chi connectivity index (χ3n) is 7.64. The Morgan fingerprint density at radius 1 is 0.953 bits per heavy atom. The second-order valence-electron chi connectivity index (χ2n) is 11.0. The topological polar surface area (TPSA) is 87.7 Å². The maximum atomic E-state index is 13.0. The molecule has 1 saturated heterocycles. The van der Waals surface area contributed by atoms with Gasteiger partial charge in [0.25, 0.3) is 0 Å². The van der Waals surface area contributed by atoms with E-state index in [1.165, 1.54) is 0 Å². The van der Waals surface area contributed by atoms with Crippen LogP contribution in [-0.2, 0) is 16.0 Å². The molecule has 224 valence electrons. The third-order valence-corrected chi connectivity index (χ3v) is 11.2. The number of nitrogens with zero attached hydrogens (tertiary/aromatic N) is 1. The van der Waals surface area contributed by atoms with Crippen LogP contribution in [0, 0.1) is 0 Å². The van der Waals surface area contributed by atoms with E-state index in [0.717, 1.165) is 65.4 Å². The van der Waals surface area contributed by atoms with E-state index < -0.39 is 26.2 Å². The van der Waals surface area contributed by atoms with Crippen LogP contribution in [0.3, 0.4) is 0 Å². The van der Waals surface area contributed by atoms with Crippen molar-refractivity contribution in [1.29, 1.82) is 0 Å². The number of piperidine rings is 1. The first kappa shape index (κ1) is 30.7. The number of aldehydes is 1. The Balaban J connectivity index is 1.21. The summed E-state index contributed by atoms with van der Waals surface area (Å²) in [5, 5.41) is 7.93. The Bertz CT molecular complexity index is 1590. The van der Waals surface area contributed by atoms with Crippen molar-refractivity contribution < 1.29 is 19.1 Å². The number of benzene rings is 4. The minimum absolute atomic E-state index is 0.0573. The molecule has 1 heterocycles. The second kappa shape index (κ2) is 14.6. The fraction of sp³-hybridized carbons (Fsp3) is 0.286. The third kappa shape index (κ3) is 8.42. The van der Waals surface area contributed by atoms with Gasteiger partial charge in [-0.1, -0.05) is 18.2 Å². The van der Waals surface area contributed by atoms with Crippen molar-refractivity contribution in [2.45, 2.75) is 38.2 Å². The van der Waals surface area contributed by atoms with Crippen LogP contribution in [0.5, 0.6) is 0 Å². The normalized spacial score (nSPS) is 15.5. The van der Waals surface area contributed by atoms with Crippen molar-refractivity contribution in [3.8, 4) is 11.1 Å². The average Bonchev–Trinajstić information content (AvgIpc) is 3.01. The standard InChI is InChI=1S/C35H38IN3O4/c1-36(2)39-19-7-11-31(23-39)43-35(42)38-33-21-25(14-18-32(33)27-9-4-3-5-10-27)8-6-12-34(41)37-30-17-16-28-20-26(24-40)13-15-29(28)22-30/h3-5,9-10,13-18,20-22,24,31H,6-8,11-12,19,23H2,1-2H3,(H,37,41)(H,38,42). The summed E-state index contributed by atoms with van der Waals surface area (Å²) >= 11 is -1.10. The van der Waals surface area contributed by atoms with Crippen molar-refractivity contribution in [1.82, 2.24) is 3.11 Å². The molecule has 7 nitrogen and oxygen atoms in total. The van der Waals surface area contributed by atoms with Crippen molar-refractivity contribution in [3.63, 3.8) is 0 Å². The Morgan fingerprint density at radius 2 is 1.74 bits per heavy atom. The van der Waals surface area contributed by atoms with Gasteiger partial charge in [0.1, 0.15) is 6.29 Å². The van der Waals surface area contributed by atoms with Gasteiger partial charge in [0.15, 0.2) is 0 Å². The Hall–Kier alpha value is -3.76. The Morgan fingerprint density at radius 3 is 2.53 bits per heavy atom. The van der Waals surface area contributed by atoms with E-state index in [9.17, 15) is 14.4 Å². The van der Waals surface area contributed by atoms with Gasteiger partial charge in [0.05, 0.1) is 0 Å². The molecule has 0 spiro atoms. The predicted octanol–water partition coefficient (Wildman–Crippen LogP) is 7.97. The summed E-state index contributed by atoms with van der Waals surface area (Å²) in [6.07, 6.45) is 3.97. The van der Waals surface area contributed by atoms with Gasteiger partial charge in [-0.3, -0.25) is 9.59 Å². The Labute approximate surface area is 260 Å². The Kier molecular flexibility index (Phi) is 10.4. The van der Waals surface area contributed by atoms with Crippen LogP contribution in [0.1, 0.15) is 41.6 Å². The quantitative estimate of drug-likeness (QED) is 0.0763.